The van der Waals surface area contributed by atoms with Crippen molar-refractivity contribution in [1.29, 1.82) is 0 Å². The predicted octanol–water partition coefficient (Wildman–Crippen LogP) is 3.21. The minimum absolute atomic E-state index is 0.137. The van der Waals surface area contributed by atoms with E-state index in [1.165, 1.54) is 62.6 Å². The standard InChI is InChI=1S/C16H36NO2/c1-4-7-8-9-12-17(10-5-2,11-6-3)13-15-19-16-14-18/h18H,4-16H2,1-3H3/q+1. The maximum atomic E-state index is 8.77. The van der Waals surface area contributed by atoms with E-state index in [0.29, 0.717) is 6.61 Å². The molecule has 0 saturated carbocycles. The highest BCUT2D eigenvalue weighted by Crippen LogP contribution is 2.14. The van der Waals surface area contributed by atoms with Crippen molar-refractivity contribution in [2.75, 3.05) is 46.0 Å². The Bertz CT molecular complexity index is 166. The summed E-state index contributed by atoms with van der Waals surface area (Å²) >= 11 is 0. The van der Waals surface area contributed by atoms with Crippen molar-refractivity contribution in [1.82, 2.24) is 0 Å². The number of nitrogens with zero attached hydrogens (tertiary/aromatic N) is 1. The van der Waals surface area contributed by atoms with Crippen LogP contribution >= 0.6 is 0 Å². The summed E-state index contributed by atoms with van der Waals surface area (Å²) in [6.45, 7) is 13.2. The molecule has 0 saturated heterocycles. The smallest absolute Gasteiger partial charge is 0.102 e. The molecule has 0 aromatic heterocycles. The normalized spacial score (nSPS) is 12.0. The van der Waals surface area contributed by atoms with Crippen molar-refractivity contribution in [3.05, 3.63) is 0 Å². The highest BCUT2D eigenvalue weighted by atomic mass is 16.5. The van der Waals surface area contributed by atoms with Gasteiger partial charge in [-0.2, -0.15) is 0 Å². The first-order valence-corrected chi connectivity index (χ1v) is 8.28. The Morgan fingerprint density at radius 1 is 0.737 bits per heavy atom. The molecule has 0 aromatic carbocycles. The Hall–Kier alpha value is -0.120. The van der Waals surface area contributed by atoms with Crippen molar-refractivity contribution in [3.8, 4) is 0 Å². The quantitative estimate of drug-likeness (QED) is 0.389. The van der Waals surface area contributed by atoms with Crippen LogP contribution in [0.5, 0.6) is 0 Å². The topological polar surface area (TPSA) is 29.5 Å². The second-order valence-corrected chi connectivity index (χ2v) is 5.63. The van der Waals surface area contributed by atoms with Crippen LogP contribution < -0.4 is 0 Å². The molecule has 0 fully saturated rings. The second kappa shape index (κ2) is 12.9. The molecule has 0 unspecified atom stereocenters. The molecule has 0 bridgehead atoms. The van der Waals surface area contributed by atoms with Crippen molar-refractivity contribution in [2.24, 2.45) is 0 Å². The van der Waals surface area contributed by atoms with Gasteiger partial charge in [0.15, 0.2) is 0 Å². The summed E-state index contributed by atoms with van der Waals surface area (Å²) in [4.78, 5) is 0. The van der Waals surface area contributed by atoms with Gasteiger partial charge in [-0.25, -0.2) is 0 Å². The maximum absolute atomic E-state index is 8.77. The molecule has 0 aliphatic heterocycles. The van der Waals surface area contributed by atoms with Crippen molar-refractivity contribution >= 4 is 0 Å². The fraction of sp³-hybridized carbons (Fsp3) is 1.00. The maximum Gasteiger partial charge on any atom is 0.102 e. The number of hydrogen-bond donors (Lipinski definition) is 1. The van der Waals surface area contributed by atoms with Gasteiger partial charge in [0.1, 0.15) is 6.54 Å². The largest absolute Gasteiger partial charge is 0.394 e. The molecule has 1 N–H and O–H groups in total. The molecule has 3 nitrogen and oxygen atoms in total. The van der Waals surface area contributed by atoms with E-state index in [1.54, 1.807) is 0 Å². The third-order valence-corrected chi connectivity index (χ3v) is 3.83. The van der Waals surface area contributed by atoms with Crippen LogP contribution in [0.15, 0.2) is 0 Å². The zero-order valence-electron chi connectivity index (χ0n) is 13.5. The molecule has 0 amide bonds. The first kappa shape index (κ1) is 18.9. The molecule has 0 spiro atoms. The van der Waals surface area contributed by atoms with Gasteiger partial charge in [0.25, 0.3) is 0 Å². The lowest BCUT2D eigenvalue weighted by molar-refractivity contribution is -0.928. The fourth-order valence-electron chi connectivity index (χ4n) is 2.92. The van der Waals surface area contributed by atoms with Gasteiger partial charge < -0.3 is 14.3 Å². The molecule has 0 aromatic rings. The van der Waals surface area contributed by atoms with E-state index < -0.39 is 0 Å². The predicted molar refractivity (Wildman–Crippen MR) is 82.4 cm³/mol. The molecular weight excluding hydrogens is 238 g/mol. The monoisotopic (exact) mass is 274 g/mol. The molecule has 0 heterocycles. The van der Waals surface area contributed by atoms with Crippen molar-refractivity contribution in [2.45, 2.75) is 59.3 Å². The van der Waals surface area contributed by atoms with Crippen molar-refractivity contribution < 1.29 is 14.3 Å². The number of aliphatic hydroxyl groups is 1. The van der Waals surface area contributed by atoms with Gasteiger partial charge in [0.05, 0.1) is 39.5 Å². The van der Waals surface area contributed by atoms with Gasteiger partial charge >= 0.3 is 0 Å². The van der Waals surface area contributed by atoms with E-state index in [-0.39, 0.29) is 6.61 Å². The Balaban J connectivity index is 4.22. The lowest BCUT2D eigenvalue weighted by atomic mass is 10.1. The van der Waals surface area contributed by atoms with Gasteiger partial charge in [-0.15, -0.1) is 0 Å². The van der Waals surface area contributed by atoms with Gasteiger partial charge in [0.2, 0.25) is 0 Å². The fourth-order valence-corrected chi connectivity index (χ4v) is 2.92. The van der Waals surface area contributed by atoms with Crippen LogP contribution in [-0.2, 0) is 4.74 Å². The highest BCUT2D eigenvalue weighted by molar-refractivity contribution is 4.48. The van der Waals surface area contributed by atoms with Crippen LogP contribution in [-0.4, -0.2) is 55.6 Å². The first-order chi connectivity index (χ1) is 9.24. The van der Waals surface area contributed by atoms with E-state index in [2.05, 4.69) is 20.8 Å². The van der Waals surface area contributed by atoms with Crippen LogP contribution in [0, 0.1) is 0 Å². The summed E-state index contributed by atoms with van der Waals surface area (Å²) in [6, 6.07) is 0. The summed E-state index contributed by atoms with van der Waals surface area (Å²) in [5.41, 5.74) is 0. The van der Waals surface area contributed by atoms with E-state index >= 15 is 0 Å². The number of unbranched alkanes of at least 4 members (excludes halogenated alkanes) is 3. The third kappa shape index (κ3) is 9.42. The second-order valence-electron chi connectivity index (χ2n) is 5.63. The number of ether oxygens (including phenoxy) is 1. The van der Waals surface area contributed by atoms with Crippen LogP contribution in [0.3, 0.4) is 0 Å². The zero-order valence-corrected chi connectivity index (χ0v) is 13.5. The number of quaternary nitrogens is 1. The molecular formula is C16H36NO2+. The minimum atomic E-state index is 0.137. The van der Waals surface area contributed by atoms with E-state index in [0.717, 1.165) is 13.2 Å². The number of hydrogen-bond acceptors (Lipinski definition) is 2. The molecule has 0 rings (SSSR count). The average molecular weight is 274 g/mol. The van der Waals surface area contributed by atoms with Gasteiger partial charge in [0, 0.05) is 0 Å². The molecule has 3 heteroatoms. The molecule has 0 aliphatic carbocycles. The molecule has 19 heavy (non-hydrogen) atoms. The highest BCUT2D eigenvalue weighted by Gasteiger charge is 2.24. The Morgan fingerprint density at radius 3 is 1.95 bits per heavy atom. The first-order valence-electron chi connectivity index (χ1n) is 8.28. The van der Waals surface area contributed by atoms with Gasteiger partial charge in [-0.3, -0.25) is 0 Å². The average Bonchev–Trinajstić information content (AvgIpc) is 2.41. The SMILES string of the molecule is CCCCCC[N+](CCC)(CCC)CCOCCO. The van der Waals surface area contributed by atoms with E-state index in [4.69, 9.17) is 9.84 Å². The Kier molecular flexibility index (Phi) is 12.8. The lowest BCUT2D eigenvalue weighted by Crippen LogP contribution is -2.51. The number of aliphatic hydroxyl groups excluding tert-OH is 1. The summed E-state index contributed by atoms with van der Waals surface area (Å²) in [5, 5.41) is 8.77. The molecule has 0 atom stereocenters. The molecule has 0 radical (unpaired) electrons. The van der Waals surface area contributed by atoms with Gasteiger partial charge in [-0.1, -0.05) is 33.6 Å². The summed E-state index contributed by atoms with van der Waals surface area (Å²) in [6.07, 6.45) is 7.86. The zero-order chi connectivity index (χ0) is 14.4. The van der Waals surface area contributed by atoms with Crippen LogP contribution in [0.1, 0.15) is 59.3 Å². The summed E-state index contributed by atoms with van der Waals surface area (Å²) in [5.74, 6) is 0. The third-order valence-electron chi connectivity index (χ3n) is 3.83. The molecule has 0 aliphatic rings. The van der Waals surface area contributed by atoms with Crippen LogP contribution in [0.4, 0.5) is 0 Å². The van der Waals surface area contributed by atoms with E-state index in [9.17, 15) is 0 Å². The van der Waals surface area contributed by atoms with Crippen LogP contribution in [0.2, 0.25) is 0 Å². The van der Waals surface area contributed by atoms with Crippen molar-refractivity contribution in [3.63, 3.8) is 0 Å². The Morgan fingerprint density at radius 2 is 1.42 bits per heavy atom. The summed E-state index contributed by atoms with van der Waals surface area (Å²) in [7, 11) is 0. The minimum Gasteiger partial charge on any atom is -0.394 e. The lowest BCUT2D eigenvalue weighted by Gasteiger charge is -2.38. The summed E-state index contributed by atoms with van der Waals surface area (Å²) < 4.78 is 6.70. The molecule has 116 valence electrons. The Labute approximate surface area is 120 Å². The van der Waals surface area contributed by atoms with Gasteiger partial charge in [-0.05, 0) is 25.7 Å². The van der Waals surface area contributed by atoms with E-state index in [1.807, 2.05) is 0 Å². The van der Waals surface area contributed by atoms with Crippen LogP contribution in [0.25, 0.3) is 0 Å². The number of rotatable bonds is 14.